The van der Waals surface area contributed by atoms with Crippen LogP contribution in [0.25, 0.3) is 0 Å². The van der Waals surface area contributed by atoms with Crippen LogP contribution in [0.5, 0.6) is 5.75 Å². The molecule has 2 heteroatoms. The highest BCUT2D eigenvalue weighted by Crippen LogP contribution is 2.50. The molecular weight excluding hydrogens is 222 g/mol. The van der Waals surface area contributed by atoms with Crippen LogP contribution in [0.4, 0.5) is 0 Å². The van der Waals surface area contributed by atoms with Gasteiger partial charge in [0, 0.05) is 17.0 Å². The summed E-state index contributed by atoms with van der Waals surface area (Å²) in [5, 5.41) is 0. The summed E-state index contributed by atoms with van der Waals surface area (Å²) in [4.78, 5) is 0. The van der Waals surface area contributed by atoms with E-state index in [2.05, 4.69) is 32.0 Å². The summed E-state index contributed by atoms with van der Waals surface area (Å²) in [7, 11) is 1.75. The van der Waals surface area contributed by atoms with Crippen molar-refractivity contribution in [2.45, 2.75) is 51.0 Å². The van der Waals surface area contributed by atoms with E-state index in [0.29, 0.717) is 5.92 Å². The van der Waals surface area contributed by atoms with E-state index < -0.39 is 0 Å². The molecule has 18 heavy (non-hydrogen) atoms. The fourth-order valence-electron chi connectivity index (χ4n) is 3.19. The third-order valence-corrected chi connectivity index (χ3v) is 4.32. The van der Waals surface area contributed by atoms with Crippen LogP contribution >= 0.6 is 0 Å². The topological polar surface area (TPSA) is 35.2 Å². The molecule has 1 unspecified atom stereocenters. The Bertz CT molecular complexity index is 396. The molecule has 0 aliphatic heterocycles. The van der Waals surface area contributed by atoms with Crippen LogP contribution in [0.1, 0.15) is 45.1 Å². The number of rotatable bonds is 5. The highest BCUT2D eigenvalue weighted by molar-refractivity contribution is 5.42. The second kappa shape index (κ2) is 5.31. The maximum absolute atomic E-state index is 6.51. The molecule has 1 aromatic carbocycles. The van der Waals surface area contributed by atoms with Gasteiger partial charge in [0.05, 0.1) is 7.11 Å². The second-order valence-corrected chi connectivity index (χ2v) is 5.95. The van der Waals surface area contributed by atoms with Gasteiger partial charge in [-0.3, -0.25) is 0 Å². The number of benzene rings is 1. The highest BCUT2D eigenvalue weighted by atomic mass is 16.5. The Morgan fingerprint density at radius 1 is 1.28 bits per heavy atom. The average Bonchev–Trinajstić information content (AvgIpc) is 2.27. The van der Waals surface area contributed by atoms with Crippen molar-refractivity contribution >= 4 is 0 Å². The van der Waals surface area contributed by atoms with Crippen LogP contribution in [0, 0.1) is 5.92 Å². The number of methoxy groups -OCH3 is 1. The molecule has 0 spiro atoms. The van der Waals surface area contributed by atoms with Gasteiger partial charge in [0.2, 0.25) is 0 Å². The predicted molar refractivity (Wildman–Crippen MR) is 76.0 cm³/mol. The van der Waals surface area contributed by atoms with Crippen LogP contribution in [0.2, 0.25) is 0 Å². The Morgan fingerprint density at radius 2 is 1.94 bits per heavy atom. The lowest BCUT2D eigenvalue weighted by atomic mass is 9.59. The molecule has 0 saturated heterocycles. The van der Waals surface area contributed by atoms with Crippen molar-refractivity contribution in [2.75, 3.05) is 7.11 Å². The molecular formula is C16H25NO. The number of para-hydroxylation sites is 1. The summed E-state index contributed by atoms with van der Waals surface area (Å²) in [6, 6.07) is 8.61. The molecule has 1 aliphatic carbocycles. The van der Waals surface area contributed by atoms with E-state index in [1.165, 1.54) is 24.8 Å². The van der Waals surface area contributed by atoms with Gasteiger partial charge in [0.15, 0.2) is 0 Å². The van der Waals surface area contributed by atoms with Crippen LogP contribution in [-0.2, 0) is 5.41 Å². The first-order chi connectivity index (χ1) is 8.60. The standard InChI is InChI=1S/C16H25NO/c1-12(2)11-15(17)16(9-6-10-16)13-7-4-5-8-14(13)18-3/h4-5,7-8,12,15H,6,9-11,17H2,1-3H3. The molecule has 0 bridgehead atoms. The summed E-state index contributed by atoms with van der Waals surface area (Å²) in [6.07, 6.45) is 4.75. The first kappa shape index (κ1) is 13.4. The third kappa shape index (κ3) is 2.26. The van der Waals surface area contributed by atoms with E-state index in [9.17, 15) is 0 Å². The Hall–Kier alpha value is -1.02. The second-order valence-electron chi connectivity index (χ2n) is 5.95. The number of nitrogens with two attached hydrogens (primary N) is 1. The lowest BCUT2D eigenvalue weighted by molar-refractivity contribution is 0.173. The number of ether oxygens (including phenoxy) is 1. The van der Waals surface area contributed by atoms with Gasteiger partial charge in [-0.15, -0.1) is 0 Å². The quantitative estimate of drug-likeness (QED) is 0.864. The number of hydrogen-bond donors (Lipinski definition) is 1. The van der Waals surface area contributed by atoms with Crippen LogP contribution in [0.3, 0.4) is 0 Å². The third-order valence-electron chi connectivity index (χ3n) is 4.32. The molecule has 1 aliphatic rings. The van der Waals surface area contributed by atoms with Crippen molar-refractivity contribution in [1.82, 2.24) is 0 Å². The molecule has 1 saturated carbocycles. The minimum Gasteiger partial charge on any atom is -0.496 e. The van der Waals surface area contributed by atoms with Crippen molar-refractivity contribution in [3.05, 3.63) is 29.8 Å². The van der Waals surface area contributed by atoms with Gasteiger partial charge in [-0.25, -0.2) is 0 Å². The van der Waals surface area contributed by atoms with Crippen LogP contribution in [-0.4, -0.2) is 13.2 Å². The predicted octanol–water partition coefficient (Wildman–Crippen LogP) is 3.49. The van der Waals surface area contributed by atoms with Crippen molar-refractivity contribution in [3.8, 4) is 5.75 Å². The Balaban J connectivity index is 2.31. The van der Waals surface area contributed by atoms with Crippen molar-refractivity contribution in [2.24, 2.45) is 11.7 Å². The molecule has 2 rings (SSSR count). The molecule has 0 heterocycles. The van der Waals surface area contributed by atoms with Gasteiger partial charge < -0.3 is 10.5 Å². The largest absolute Gasteiger partial charge is 0.496 e. The van der Waals surface area contributed by atoms with Crippen LogP contribution in [0.15, 0.2) is 24.3 Å². The van der Waals surface area contributed by atoms with Crippen molar-refractivity contribution in [1.29, 1.82) is 0 Å². The molecule has 1 atom stereocenters. The lowest BCUT2D eigenvalue weighted by Gasteiger charge is -2.48. The lowest BCUT2D eigenvalue weighted by Crippen LogP contribution is -2.51. The minimum atomic E-state index is 0.150. The molecule has 0 amide bonds. The molecule has 0 aromatic heterocycles. The minimum absolute atomic E-state index is 0.150. The summed E-state index contributed by atoms with van der Waals surface area (Å²) in [6.45, 7) is 4.49. The highest BCUT2D eigenvalue weighted by Gasteiger charge is 2.45. The summed E-state index contributed by atoms with van der Waals surface area (Å²) in [5.41, 5.74) is 7.98. The van der Waals surface area contributed by atoms with Gasteiger partial charge in [0.1, 0.15) is 5.75 Å². The van der Waals surface area contributed by atoms with Crippen molar-refractivity contribution < 1.29 is 4.74 Å². The summed E-state index contributed by atoms with van der Waals surface area (Å²) < 4.78 is 5.53. The van der Waals surface area contributed by atoms with Crippen LogP contribution < -0.4 is 10.5 Å². The van der Waals surface area contributed by atoms with E-state index >= 15 is 0 Å². The van der Waals surface area contributed by atoms with E-state index in [4.69, 9.17) is 10.5 Å². The van der Waals surface area contributed by atoms with E-state index in [0.717, 1.165) is 12.2 Å². The van der Waals surface area contributed by atoms with Gasteiger partial charge in [-0.05, 0) is 31.2 Å². The molecule has 100 valence electrons. The van der Waals surface area contributed by atoms with Gasteiger partial charge in [-0.2, -0.15) is 0 Å². The van der Waals surface area contributed by atoms with E-state index in [1.807, 2.05) is 6.07 Å². The monoisotopic (exact) mass is 247 g/mol. The first-order valence-corrected chi connectivity index (χ1v) is 6.99. The Labute approximate surface area is 111 Å². The average molecular weight is 247 g/mol. The zero-order valence-corrected chi connectivity index (χ0v) is 11.8. The fraction of sp³-hybridized carbons (Fsp3) is 0.625. The normalized spacial score (nSPS) is 19.4. The molecule has 1 fully saturated rings. The zero-order chi connectivity index (χ0) is 13.2. The Morgan fingerprint density at radius 3 is 2.44 bits per heavy atom. The fourth-order valence-corrected chi connectivity index (χ4v) is 3.19. The molecule has 2 nitrogen and oxygen atoms in total. The molecule has 1 aromatic rings. The van der Waals surface area contributed by atoms with Gasteiger partial charge in [0.25, 0.3) is 0 Å². The van der Waals surface area contributed by atoms with E-state index in [1.54, 1.807) is 7.11 Å². The maximum Gasteiger partial charge on any atom is 0.122 e. The molecule has 2 N–H and O–H groups in total. The molecule has 0 radical (unpaired) electrons. The smallest absolute Gasteiger partial charge is 0.122 e. The summed E-state index contributed by atoms with van der Waals surface area (Å²) in [5.74, 6) is 1.64. The Kier molecular flexibility index (Phi) is 3.96. The SMILES string of the molecule is COc1ccccc1C1(C(N)CC(C)C)CCC1. The first-order valence-electron chi connectivity index (χ1n) is 6.99. The van der Waals surface area contributed by atoms with E-state index in [-0.39, 0.29) is 11.5 Å². The van der Waals surface area contributed by atoms with Gasteiger partial charge in [-0.1, -0.05) is 38.5 Å². The van der Waals surface area contributed by atoms with Crippen molar-refractivity contribution in [3.63, 3.8) is 0 Å². The maximum atomic E-state index is 6.51. The summed E-state index contributed by atoms with van der Waals surface area (Å²) >= 11 is 0. The zero-order valence-electron chi connectivity index (χ0n) is 11.8. The number of hydrogen-bond acceptors (Lipinski definition) is 2. The van der Waals surface area contributed by atoms with Gasteiger partial charge >= 0.3 is 0 Å².